The fourth-order valence-corrected chi connectivity index (χ4v) is 2.33. The lowest BCUT2D eigenvalue weighted by molar-refractivity contribution is -0.117. The number of carbonyl (C=O) groups is 2. The molecule has 0 saturated carbocycles. The predicted molar refractivity (Wildman–Crippen MR) is 74.1 cm³/mol. The highest BCUT2D eigenvalue weighted by Crippen LogP contribution is 2.21. The Morgan fingerprint density at radius 1 is 1.32 bits per heavy atom. The average Bonchev–Trinajstić information content (AvgIpc) is 2.92. The van der Waals surface area contributed by atoms with Crippen molar-refractivity contribution in [3.8, 4) is 0 Å². The molecular formula is C13H13N3O2S. The van der Waals surface area contributed by atoms with Crippen molar-refractivity contribution in [2.75, 3.05) is 5.32 Å². The molecule has 2 aromatic rings. The van der Waals surface area contributed by atoms with E-state index in [0.717, 1.165) is 4.88 Å². The molecule has 2 rings (SSSR count). The van der Waals surface area contributed by atoms with Gasteiger partial charge in [-0.25, -0.2) is 4.98 Å². The SMILES string of the molecule is C[C@@H](C(=O)Nc1cccc(C(N)=O)n1)c1cccs1. The molecule has 0 aromatic carbocycles. The van der Waals surface area contributed by atoms with E-state index in [9.17, 15) is 9.59 Å². The second-order valence-corrected chi connectivity index (χ2v) is 4.98. The van der Waals surface area contributed by atoms with Crippen molar-refractivity contribution < 1.29 is 9.59 Å². The number of nitrogens with zero attached hydrogens (tertiary/aromatic N) is 1. The van der Waals surface area contributed by atoms with Crippen molar-refractivity contribution in [3.63, 3.8) is 0 Å². The zero-order chi connectivity index (χ0) is 13.8. The van der Waals surface area contributed by atoms with Crippen molar-refractivity contribution in [1.82, 2.24) is 4.98 Å². The zero-order valence-electron chi connectivity index (χ0n) is 10.3. The number of pyridine rings is 1. The normalized spacial score (nSPS) is 11.8. The number of rotatable bonds is 4. The summed E-state index contributed by atoms with van der Waals surface area (Å²) in [4.78, 5) is 28.0. The van der Waals surface area contributed by atoms with Gasteiger partial charge in [0, 0.05) is 4.88 Å². The number of carbonyl (C=O) groups excluding carboxylic acids is 2. The number of aromatic nitrogens is 1. The first-order valence-electron chi connectivity index (χ1n) is 5.69. The quantitative estimate of drug-likeness (QED) is 0.894. The van der Waals surface area contributed by atoms with Crippen molar-refractivity contribution in [1.29, 1.82) is 0 Å². The van der Waals surface area contributed by atoms with Gasteiger partial charge in [0.1, 0.15) is 11.5 Å². The number of hydrogen-bond donors (Lipinski definition) is 2. The molecule has 2 aromatic heterocycles. The smallest absolute Gasteiger partial charge is 0.267 e. The van der Waals surface area contributed by atoms with E-state index >= 15 is 0 Å². The molecule has 0 fully saturated rings. The molecule has 0 saturated heterocycles. The minimum atomic E-state index is -0.623. The first kappa shape index (κ1) is 13.2. The maximum atomic E-state index is 12.0. The minimum Gasteiger partial charge on any atom is -0.364 e. The number of primary amides is 1. The van der Waals surface area contributed by atoms with Gasteiger partial charge in [-0.15, -0.1) is 11.3 Å². The molecule has 0 unspecified atom stereocenters. The first-order valence-corrected chi connectivity index (χ1v) is 6.57. The molecule has 6 heteroatoms. The molecular weight excluding hydrogens is 262 g/mol. The fourth-order valence-electron chi connectivity index (χ4n) is 1.54. The third kappa shape index (κ3) is 3.17. The Morgan fingerprint density at radius 2 is 2.11 bits per heavy atom. The first-order chi connectivity index (χ1) is 9.08. The van der Waals surface area contributed by atoms with E-state index < -0.39 is 5.91 Å². The maximum absolute atomic E-state index is 12.0. The Morgan fingerprint density at radius 3 is 2.74 bits per heavy atom. The molecule has 19 heavy (non-hydrogen) atoms. The van der Waals surface area contributed by atoms with Gasteiger partial charge in [-0.2, -0.15) is 0 Å². The summed E-state index contributed by atoms with van der Waals surface area (Å²) in [5, 5.41) is 4.60. The van der Waals surface area contributed by atoms with Crippen LogP contribution in [0.2, 0.25) is 0 Å². The molecule has 0 aliphatic carbocycles. The van der Waals surface area contributed by atoms with Gasteiger partial charge in [-0.3, -0.25) is 9.59 Å². The molecule has 2 heterocycles. The lowest BCUT2D eigenvalue weighted by Crippen LogP contribution is -2.20. The molecule has 98 valence electrons. The molecule has 0 radical (unpaired) electrons. The summed E-state index contributed by atoms with van der Waals surface area (Å²) in [5.41, 5.74) is 5.26. The monoisotopic (exact) mass is 275 g/mol. The number of hydrogen-bond acceptors (Lipinski definition) is 4. The Balaban J connectivity index is 2.11. The largest absolute Gasteiger partial charge is 0.364 e. The van der Waals surface area contributed by atoms with Gasteiger partial charge in [0.2, 0.25) is 5.91 Å². The summed E-state index contributed by atoms with van der Waals surface area (Å²) in [7, 11) is 0. The molecule has 1 atom stereocenters. The minimum absolute atomic E-state index is 0.126. The van der Waals surface area contributed by atoms with Gasteiger partial charge < -0.3 is 11.1 Å². The van der Waals surface area contributed by atoms with E-state index in [1.165, 1.54) is 17.4 Å². The van der Waals surface area contributed by atoms with Gasteiger partial charge in [0.15, 0.2) is 0 Å². The van der Waals surface area contributed by atoms with Crippen LogP contribution in [0.3, 0.4) is 0 Å². The van der Waals surface area contributed by atoms with Crippen molar-refractivity contribution in [3.05, 3.63) is 46.3 Å². The summed E-state index contributed by atoms with van der Waals surface area (Å²) in [6, 6.07) is 8.54. The molecule has 0 spiro atoms. The van der Waals surface area contributed by atoms with Gasteiger partial charge in [0.05, 0.1) is 5.92 Å². The van der Waals surface area contributed by atoms with Crippen molar-refractivity contribution in [2.45, 2.75) is 12.8 Å². The van der Waals surface area contributed by atoms with E-state index in [4.69, 9.17) is 5.73 Å². The van der Waals surface area contributed by atoms with Crippen LogP contribution in [0.5, 0.6) is 0 Å². The summed E-state index contributed by atoms with van der Waals surface area (Å²) in [6.45, 7) is 1.82. The van der Waals surface area contributed by atoms with Crippen LogP contribution in [-0.2, 0) is 4.79 Å². The molecule has 0 aliphatic rings. The number of nitrogens with one attached hydrogen (secondary N) is 1. The Bertz CT molecular complexity index is 596. The Kier molecular flexibility index (Phi) is 3.91. The number of nitrogens with two attached hydrogens (primary N) is 1. The van der Waals surface area contributed by atoms with Crippen molar-refractivity contribution >= 4 is 29.0 Å². The van der Waals surface area contributed by atoms with E-state index in [2.05, 4.69) is 10.3 Å². The van der Waals surface area contributed by atoms with Crippen LogP contribution in [0.15, 0.2) is 35.7 Å². The van der Waals surface area contributed by atoms with E-state index in [-0.39, 0.29) is 17.5 Å². The summed E-state index contributed by atoms with van der Waals surface area (Å²) in [6.07, 6.45) is 0. The van der Waals surface area contributed by atoms with Crippen LogP contribution in [-0.4, -0.2) is 16.8 Å². The van der Waals surface area contributed by atoms with E-state index in [1.54, 1.807) is 12.1 Å². The zero-order valence-corrected chi connectivity index (χ0v) is 11.1. The number of thiophene rings is 1. The third-order valence-electron chi connectivity index (χ3n) is 2.62. The standard InChI is InChI=1S/C13H13N3O2S/c1-8(10-5-3-7-19-10)13(18)16-11-6-2-4-9(15-11)12(14)17/h2-8H,1H3,(H2,14,17)(H,15,16,18)/t8-/m1/s1. The summed E-state index contributed by atoms with van der Waals surface area (Å²) >= 11 is 1.52. The second kappa shape index (κ2) is 5.62. The summed E-state index contributed by atoms with van der Waals surface area (Å²) < 4.78 is 0. The summed E-state index contributed by atoms with van der Waals surface area (Å²) in [5.74, 6) is -0.734. The topological polar surface area (TPSA) is 85.1 Å². The molecule has 0 bridgehead atoms. The van der Waals surface area contributed by atoms with Crippen LogP contribution in [0.1, 0.15) is 28.2 Å². The lowest BCUT2D eigenvalue weighted by Gasteiger charge is -2.10. The van der Waals surface area contributed by atoms with Crippen molar-refractivity contribution in [2.24, 2.45) is 5.73 Å². The number of amides is 2. The van der Waals surface area contributed by atoms with Gasteiger partial charge in [0.25, 0.3) is 5.91 Å². The number of anilines is 1. The van der Waals surface area contributed by atoms with Crippen LogP contribution in [0.4, 0.5) is 5.82 Å². The van der Waals surface area contributed by atoms with Crippen LogP contribution >= 0.6 is 11.3 Å². The van der Waals surface area contributed by atoms with Gasteiger partial charge in [-0.05, 0) is 30.5 Å². The van der Waals surface area contributed by atoms with Gasteiger partial charge in [-0.1, -0.05) is 12.1 Å². The van der Waals surface area contributed by atoms with Crippen LogP contribution < -0.4 is 11.1 Å². The highest BCUT2D eigenvalue weighted by molar-refractivity contribution is 7.10. The van der Waals surface area contributed by atoms with Crippen LogP contribution in [0, 0.1) is 0 Å². The molecule has 2 amide bonds. The molecule has 0 aliphatic heterocycles. The lowest BCUT2D eigenvalue weighted by atomic mass is 10.1. The Labute approximate surface area is 114 Å². The van der Waals surface area contributed by atoms with E-state index in [1.807, 2.05) is 24.4 Å². The maximum Gasteiger partial charge on any atom is 0.267 e. The Hall–Kier alpha value is -2.21. The fraction of sp³-hybridized carbons (Fsp3) is 0.154. The average molecular weight is 275 g/mol. The highest BCUT2D eigenvalue weighted by Gasteiger charge is 2.16. The second-order valence-electron chi connectivity index (χ2n) is 4.00. The highest BCUT2D eigenvalue weighted by atomic mass is 32.1. The third-order valence-corrected chi connectivity index (χ3v) is 3.67. The van der Waals surface area contributed by atoms with Crippen LogP contribution in [0.25, 0.3) is 0 Å². The molecule has 5 nitrogen and oxygen atoms in total. The van der Waals surface area contributed by atoms with E-state index in [0.29, 0.717) is 5.82 Å². The molecule has 3 N–H and O–H groups in total. The predicted octanol–water partition coefficient (Wildman–Crippen LogP) is 1.98. The van der Waals surface area contributed by atoms with Gasteiger partial charge >= 0.3 is 0 Å².